The average molecular weight is 1400 g/mol. The van der Waals surface area contributed by atoms with Gasteiger partial charge in [0.2, 0.25) is 0 Å². The first kappa shape index (κ1) is 113. The fourth-order valence-corrected chi connectivity index (χ4v) is 24.1. The van der Waals surface area contributed by atoms with Gasteiger partial charge in [-0.1, -0.05) is 0 Å². The Hall–Kier alpha value is 1.29. The van der Waals surface area contributed by atoms with Gasteiger partial charge in [0.15, 0.2) is 0 Å². The zero-order valence-electron chi connectivity index (χ0n) is 56.2. The smallest absolute Gasteiger partial charge is 0.418 e. The van der Waals surface area contributed by atoms with Crippen molar-refractivity contribution in [2.24, 2.45) is 0 Å². The fourth-order valence-electron chi connectivity index (χ4n) is 8.05. The topological polar surface area (TPSA) is 0 Å². The van der Waals surface area contributed by atoms with E-state index in [1.54, 1.807) is 0 Å². The lowest BCUT2D eigenvalue weighted by molar-refractivity contribution is 0.366. The summed E-state index contributed by atoms with van der Waals surface area (Å²) in [6, 6.07) is 0. The summed E-state index contributed by atoms with van der Waals surface area (Å²) in [5, 5.41) is 0. The molecule has 0 bridgehead atoms. The third-order valence-corrected chi connectivity index (χ3v) is 48.3. The SMILES string of the molecule is CC[P+](CC)(CC)CC.CC[P+](CC)(CC)CC.CC[P+](CC)(CC)CC.CC[P+](CC)(CC)CC.CC[P+](CC)(CC)CC.CC[P+](CC)(CC)CC.F[B-](F)(F)F.F[B-](F)(F)F.F[B-](F)(F)F.F[B-](F)(F)F.F[B-](F)(F)F.F[B-](F)(F)F. The number of hydrogen-bond donors (Lipinski definition) is 0. The first-order chi connectivity index (χ1) is 37.5. The van der Waals surface area contributed by atoms with E-state index in [0.29, 0.717) is 0 Å². The lowest BCUT2D eigenvalue weighted by Gasteiger charge is -2.20. The number of rotatable bonds is 24. The largest absolute Gasteiger partial charge is 0.673 e. The van der Waals surface area contributed by atoms with E-state index in [1.165, 1.54) is 148 Å². The summed E-state index contributed by atoms with van der Waals surface area (Å²) < 4.78 is 234. The molecule has 0 saturated heterocycles. The van der Waals surface area contributed by atoms with Crippen LogP contribution in [0.2, 0.25) is 0 Å². The molecule has 0 atom stereocenters. The standard InChI is InChI=1S/6C8H20P.6BF4/c6*1-5-9(6-2,7-3)8-4;6*2-1(3,4)5/h6*5-8H2,1-4H3;;;;;;/q6*+1;6*-1. The molecule has 0 heterocycles. The Labute approximate surface area is 503 Å². The van der Waals surface area contributed by atoms with Crippen LogP contribution in [0.4, 0.5) is 104 Å². The van der Waals surface area contributed by atoms with Crippen molar-refractivity contribution < 1.29 is 104 Å². The quantitative estimate of drug-likeness (QED) is 0.0513. The molecule has 0 rings (SSSR count). The Bertz CT molecular complexity index is 910. The second-order valence-corrected chi connectivity index (χ2v) is 49.9. The van der Waals surface area contributed by atoms with Crippen molar-refractivity contribution in [1.29, 1.82) is 0 Å². The molecule has 0 nitrogen and oxygen atoms in total. The molecule has 0 unspecified atom stereocenters. The minimum Gasteiger partial charge on any atom is -0.418 e. The highest BCUT2D eigenvalue weighted by Crippen LogP contribution is 2.60. The molecule has 0 aliphatic carbocycles. The highest BCUT2D eigenvalue weighted by molar-refractivity contribution is 7.77. The van der Waals surface area contributed by atoms with Crippen LogP contribution in [0.25, 0.3) is 0 Å². The summed E-state index contributed by atoms with van der Waals surface area (Å²) in [5.74, 6) is 0. The molecule has 528 valence electrons. The lowest BCUT2D eigenvalue weighted by atomic mass is 10.3. The molecule has 0 amide bonds. The molecule has 0 aliphatic heterocycles. The van der Waals surface area contributed by atoms with E-state index in [9.17, 15) is 104 Å². The Balaban J connectivity index is -0.0000000680. The van der Waals surface area contributed by atoms with Gasteiger partial charge in [-0.2, -0.15) is 0 Å². The molecular weight excluding hydrogens is 1280 g/mol. The zero-order valence-corrected chi connectivity index (χ0v) is 61.6. The zero-order chi connectivity index (χ0) is 71.0. The van der Waals surface area contributed by atoms with Gasteiger partial charge in [0.05, 0.1) is 148 Å². The summed E-state index contributed by atoms with van der Waals surface area (Å²) in [5.41, 5.74) is 0. The molecule has 0 N–H and O–H groups in total. The van der Waals surface area contributed by atoms with Crippen LogP contribution in [0.1, 0.15) is 166 Å². The molecule has 0 fully saturated rings. The van der Waals surface area contributed by atoms with Gasteiger partial charge in [0.25, 0.3) is 0 Å². The van der Waals surface area contributed by atoms with Gasteiger partial charge >= 0.3 is 43.5 Å². The molecule has 0 aromatic carbocycles. The van der Waals surface area contributed by atoms with E-state index in [1.807, 2.05) is 0 Å². The third-order valence-electron chi connectivity index (χ3n) is 16.1. The average Bonchev–Trinajstić information content (AvgIpc) is 3.37. The number of hydrogen-bond acceptors (Lipinski definition) is 0. The molecule has 84 heavy (non-hydrogen) atoms. The van der Waals surface area contributed by atoms with Crippen molar-refractivity contribution in [3.63, 3.8) is 0 Å². The van der Waals surface area contributed by atoms with Crippen LogP contribution in [-0.2, 0) is 0 Å². The van der Waals surface area contributed by atoms with Gasteiger partial charge in [0.1, 0.15) is 0 Å². The van der Waals surface area contributed by atoms with E-state index < -0.39 is 87.1 Å². The summed E-state index contributed by atoms with van der Waals surface area (Å²) in [6.07, 6.45) is 34.9. The van der Waals surface area contributed by atoms with Crippen molar-refractivity contribution >= 4 is 87.1 Å². The van der Waals surface area contributed by atoms with Crippen LogP contribution < -0.4 is 0 Å². The first-order valence-corrected chi connectivity index (χ1v) is 45.0. The molecule has 0 aromatic rings. The van der Waals surface area contributed by atoms with Crippen molar-refractivity contribution in [3.05, 3.63) is 0 Å². The highest BCUT2D eigenvalue weighted by atomic mass is 31.2. The van der Waals surface area contributed by atoms with Gasteiger partial charge in [-0.3, -0.25) is 0 Å². The van der Waals surface area contributed by atoms with Crippen LogP contribution >= 0.6 is 43.6 Å². The van der Waals surface area contributed by atoms with Gasteiger partial charge in [-0.25, -0.2) is 0 Å². The second kappa shape index (κ2) is 61.8. The van der Waals surface area contributed by atoms with Crippen LogP contribution in [0.5, 0.6) is 0 Å². The Morgan fingerprint density at radius 1 is 0.119 bits per heavy atom. The molecular formula is C48H120B6F24P6. The Morgan fingerprint density at radius 2 is 0.143 bits per heavy atom. The van der Waals surface area contributed by atoms with E-state index in [0.717, 1.165) is 0 Å². The van der Waals surface area contributed by atoms with E-state index in [4.69, 9.17) is 0 Å². The summed E-state index contributed by atoms with van der Waals surface area (Å²) in [7, 11) is -38.5. The van der Waals surface area contributed by atoms with E-state index in [-0.39, 0.29) is 0 Å². The summed E-state index contributed by atoms with van der Waals surface area (Å²) in [6.45, 7) is 56.4. The lowest BCUT2D eigenvalue weighted by Crippen LogP contribution is -2.04. The normalized spacial score (nSPS) is 12.0. The van der Waals surface area contributed by atoms with Crippen molar-refractivity contribution in [2.75, 3.05) is 148 Å². The predicted octanol–water partition coefficient (Wildman–Crippen LogP) is 26.3. The Kier molecular flexibility index (Phi) is 83.0. The fraction of sp³-hybridized carbons (Fsp3) is 1.00. The van der Waals surface area contributed by atoms with Crippen LogP contribution in [0.3, 0.4) is 0 Å². The second-order valence-electron chi connectivity index (χ2n) is 18.6. The van der Waals surface area contributed by atoms with Crippen molar-refractivity contribution in [3.8, 4) is 0 Å². The number of halogens is 24. The minimum absolute atomic E-state index is 0.420. The summed E-state index contributed by atoms with van der Waals surface area (Å²) in [4.78, 5) is 0. The van der Waals surface area contributed by atoms with Crippen molar-refractivity contribution in [2.45, 2.75) is 166 Å². The van der Waals surface area contributed by atoms with E-state index >= 15 is 0 Å². The molecule has 0 radical (unpaired) electrons. The minimum atomic E-state index is -6.00. The Morgan fingerprint density at radius 3 is 0.143 bits per heavy atom. The van der Waals surface area contributed by atoms with Crippen LogP contribution in [-0.4, -0.2) is 191 Å². The molecule has 36 heteroatoms. The van der Waals surface area contributed by atoms with Gasteiger partial charge in [-0.15, -0.1) is 0 Å². The molecule has 0 aliphatic rings. The maximum absolute atomic E-state index is 9.75. The van der Waals surface area contributed by atoms with Crippen molar-refractivity contribution in [1.82, 2.24) is 0 Å². The molecule has 0 aromatic heterocycles. The molecule has 0 saturated carbocycles. The summed E-state index contributed by atoms with van der Waals surface area (Å²) >= 11 is 0. The highest BCUT2D eigenvalue weighted by Gasteiger charge is 2.32. The maximum Gasteiger partial charge on any atom is 0.673 e. The van der Waals surface area contributed by atoms with Gasteiger partial charge in [-0.05, 0) is 166 Å². The molecule has 0 spiro atoms. The van der Waals surface area contributed by atoms with Gasteiger partial charge in [0, 0.05) is 43.6 Å². The predicted molar refractivity (Wildman–Crippen MR) is 356 cm³/mol. The van der Waals surface area contributed by atoms with Crippen LogP contribution in [0, 0.1) is 0 Å². The van der Waals surface area contributed by atoms with Gasteiger partial charge < -0.3 is 104 Å². The first-order valence-electron chi connectivity index (χ1n) is 29.8. The van der Waals surface area contributed by atoms with E-state index in [2.05, 4.69) is 166 Å². The third kappa shape index (κ3) is 105. The maximum atomic E-state index is 9.75. The van der Waals surface area contributed by atoms with Crippen LogP contribution in [0.15, 0.2) is 0 Å². The monoisotopic (exact) mass is 1400 g/mol.